The predicted octanol–water partition coefficient (Wildman–Crippen LogP) is 1.52. The molecule has 1 heterocycles. The first-order valence-electron chi connectivity index (χ1n) is 12.8. The van der Waals surface area contributed by atoms with Gasteiger partial charge in [-0.3, -0.25) is 24.1 Å². The summed E-state index contributed by atoms with van der Waals surface area (Å²) in [6.07, 6.45) is 0.0314. The highest BCUT2D eigenvalue weighted by Gasteiger charge is 2.60. The normalized spacial score (nSPS) is 29.7. The van der Waals surface area contributed by atoms with Crippen LogP contribution < -0.4 is 11.1 Å². The first-order chi connectivity index (χ1) is 18.2. The lowest BCUT2D eigenvalue weighted by molar-refractivity contribution is -0.144. The molecular weight excluding hydrogens is 513 g/mol. The molecular formula is C27H30FN3O8. The summed E-state index contributed by atoms with van der Waals surface area (Å²) in [5, 5.41) is 46.5. The Morgan fingerprint density at radius 3 is 2.49 bits per heavy atom. The lowest BCUT2D eigenvalue weighted by Gasteiger charge is -2.45. The Morgan fingerprint density at radius 2 is 1.87 bits per heavy atom. The highest BCUT2D eigenvalue weighted by atomic mass is 19.1. The number of benzene rings is 1. The Kier molecular flexibility index (Phi) is 6.11. The lowest BCUT2D eigenvalue weighted by Crippen LogP contribution is -2.57. The van der Waals surface area contributed by atoms with E-state index in [9.17, 15) is 39.6 Å². The minimum Gasteiger partial charge on any atom is -0.511 e. The molecule has 1 aromatic carbocycles. The van der Waals surface area contributed by atoms with Gasteiger partial charge >= 0.3 is 0 Å². The smallest absolute Gasteiger partial charge is 0.255 e. The third-order valence-corrected chi connectivity index (χ3v) is 8.84. The number of rotatable bonds is 3. The van der Waals surface area contributed by atoms with Crippen LogP contribution in [0.1, 0.15) is 54.6 Å². The van der Waals surface area contributed by atoms with Gasteiger partial charge in [0.1, 0.15) is 22.9 Å². The number of nitrogens with two attached hydrogens (primary N) is 1. The first-order valence-corrected chi connectivity index (χ1v) is 12.8. The fourth-order valence-corrected chi connectivity index (χ4v) is 6.71. The highest BCUT2D eigenvalue weighted by Crippen LogP contribution is 2.53. The number of aliphatic hydroxyl groups excluding tert-OH is 2. The number of phenolic OH excluding ortho intramolecular Hbond substituents is 1. The van der Waals surface area contributed by atoms with Crippen LogP contribution in [0.25, 0.3) is 0 Å². The summed E-state index contributed by atoms with van der Waals surface area (Å²) in [4.78, 5) is 53.3. The number of hydrogen-bond donors (Lipinski definition) is 6. The van der Waals surface area contributed by atoms with Gasteiger partial charge in [-0.25, -0.2) is 4.39 Å². The molecule has 208 valence electrons. The van der Waals surface area contributed by atoms with Gasteiger partial charge in [0.15, 0.2) is 17.1 Å². The quantitative estimate of drug-likeness (QED) is 0.242. The van der Waals surface area contributed by atoms with E-state index in [2.05, 4.69) is 5.32 Å². The largest absolute Gasteiger partial charge is 0.511 e. The van der Waals surface area contributed by atoms with Gasteiger partial charge in [-0.15, -0.1) is 0 Å². The molecule has 11 nitrogen and oxygen atoms in total. The average Bonchev–Trinajstić information content (AvgIpc) is 2.99. The number of likely N-dealkylation sites (N-methyl/N-ethyl adjacent to an activating group) is 1. The van der Waals surface area contributed by atoms with Gasteiger partial charge in [-0.1, -0.05) is 20.3 Å². The maximum absolute atomic E-state index is 16.1. The van der Waals surface area contributed by atoms with Crippen molar-refractivity contribution in [1.82, 2.24) is 4.90 Å². The second-order valence-corrected chi connectivity index (χ2v) is 11.0. The molecule has 1 aromatic rings. The number of primary amides is 1. The van der Waals surface area contributed by atoms with E-state index in [4.69, 9.17) is 5.73 Å². The van der Waals surface area contributed by atoms with E-state index in [1.54, 1.807) is 11.9 Å². The van der Waals surface area contributed by atoms with E-state index in [1.165, 1.54) is 0 Å². The van der Waals surface area contributed by atoms with Crippen molar-refractivity contribution in [3.8, 4) is 5.75 Å². The number of ketones is 2. The number of fused-ring (bicyclic) bond motifs is 4. The Hall–Kier alpha value is -3.77. The number of allylic oxidation sites excluding steroid dienone is 2. The number of anilines is 1. The maximum atomic E-state index is 16.1. The number of amides is 2. The van der Waals surface area contributed by atoms with Crippen LogP contribution in [-0.4, -0.2) is 67.4 Å². The Labute approximate surface area is 222 Å². The van der Waals surface area contributed by atoms with Crippen molar-refractivity contribution < 1.29 is 44.0 Å². The number of carbonyl (C=O) groups excluding carboxylic acids is 4. The molecule has 5 rings (SSSR count). The topological polar surface area (TPSA) is 190 Å². The van der Waals surface area contributed by atoms with E-state index < -0.39 is 86.7 Å². The Morgan fingerprint density at radius 1 is 1.21 bits per heavy atom. The monoisotopic (exact) mass is 543 g/mol. The van der Waals surface area contributed by atoms with E-state index in [0.29, 0.717) is 6.42 Å². The third kappa shape index (κ3) is 3.54. The number of hydrogen-bond acceptors (Lipinski definition) is 9. The van der Waals surface area contributed by atoms with Crippen LogP contribution in [0.15, 0.2) is 22.7 Å². The average molecular weight is 544 g/mol. The molecule has 0 bridgehead atoms. The molecule has 7 N–H and O–H groups in total. The van der Waals surface area contributed by atoms with Crippen LogP contribution in [0.5, 0.6) is 5.75 Å². The van der Waals surface area contributed by atoms with Crippen molar-refractivity contribution in [2.24, 2.45) is 23.5 Å². The summed E-state index contributed by atoms with van der Waals surface area (Å²) in [6, 6.07) is -0.619. The number of nitrogens with one attached hydrogen (secondary N) is 1. The molecule has 1 aliphatic heterocycles. The maximum Gasteiger partial charge on any atom is 0.255 e. The highest BCUT2D eigenvalue weighted by molar-refractivity contribution is 6.24. The van der Waals surface area contributed by atoms with Crippen molar-refractivity contribution in [3.05, 3.63) is 45.2 Å². The summed E-state index contributed by atoms with van der Waals surface area (Å²) in [5.74, 6) is -9.29. The molecule has 12 heteroatoms. The standard InChI is InChI=1S/C27H30FN3O8/c1-4-9(2)20-26(38)30-19-13(8-31(20)3)18(28)12-6-10-5-11-7-14(32)17(25(29)37)24(36)27(11,39)23(35)15(10)21(33)16(12)22(19)34/h9-11,20,32,34-35,39H,4-8H2,1-3H3,(H2,29,37)(H,30,38)/t9?,10?,11-,20?,27-/m0/s1. The van der Waals surface area contributed by atoms with Crippen LogP contribution in [0.4, 0.5) is 10.1 Å². The van der Waals surface area contributed by atoms with Gasteiger partial charge < -0.3 is 31.5 Å². The van der Waals surface area contributed by atoms with Crippen LogP contribution >= 0.6 is 0 Å². The zero-order valence-electron chi connectivity index (χ0n) is 21.7. The zero-order valence-corrected chi connectivity index (χ0v) is 21.7. The summed E-state index contributed by atoms with van der Waals surface area (Å²) in [7, 11) is 1.67. The van der Waals surface area contributed by atoms with Gasteiger partial charge in [0.05, 0.1) is 17.3 Å². The number of Topliss-reactive ketones (excluding diaryl/α,β-unsaturated/α-hetero) is 2. The number of aromatic hydroxyl groups is 1. The van der Waals surface area contributed by atoms with Crippen molar-refractivity contribution in [2.75, 3.05) is 12.4 Å². The van der Waals surface area contributed by atoms with E-state index in [1.807, 2.05) is 13.8 Å². The summed E-state index contributed by atoms with van der Waals surface area (Å²) in [6.45, 7) is 3.77. The van der Waals surface area contributed by atoms with Crippen molar-refractivity contribution >= 4 is 29.1 Å². The predicted molar refractivity (Wildman–Crippen MR) is 134 cm³/mol. The van der Waals surface area contributed by atoms with Gasteiger partial charge in [0.2, 0.25) is 11.7 Å². The number of nitrogens with zero attached hydrogens (tertiary/aromatic N) is 1. The van der Waals surface area contributed by atoms with Crippen molar-refractivity contribution in [3.63, 3.8) is 0 Å². The molecule has 0 radical (unpaired) electrons. The molecule has 0 spiro atoms. The molecule has 5 atom stereocenters. The Balaban J connectivity index is 1.66. The van der Waals surface area contributed by atoms with Gasteiger partial charge in [-0.2, -0.15) is 0 Å². The second-order valence-electron chi connectivity index (χ2n) is 11.0. The van der Waals surface area contributed by atoms with E-state index in [-0.39, 0.29) is 48.5 Å². The molecule has 39 heavy (non-hydrogen) atoms. The minimum atomic E-state index is -2.71. The van der Waals surface area contributed by atoms with Gasteiger partial charge in [0.25, 0.3) is 5.91 Å². The van der Waals surface area contributed by atoms with E-state index in [0.717, 1.165) is 0 Å². The number of aliphatic hydroxyl groups is 3. The van der Waals surface area contributed by atoms with E-state index >= 15 is 4.39 Å². The SMILES string of the molecule is CCC(C)C1C(=O)Nc2c(O)c3c(c(F)c2CN1C)CC1C[C@H]2CC(O)=C(C(N)=O)C(=O)[C@@]2(O)C(O)=C1C3=O. The zero-order chi connectivity index (χ0) is 28.7. The van der Waals surface area contributed by atoms with Crippen molar-refractivity contribution in [2.45, 2.75) is 57.7 Å². The summed E-state index contributed by atoms with van der Waals surface area (Å²) in [5.41, 5.74) is 0.411. The molecule has 0 aromatic heterocycles. The molecule has 0 fully saturated rings. The van der Waals surface area contributed by atoms with Crippen LogP contribution in [0, 0.1) is 23.6 Å². The minimum absolute atomic E-state index is 0.0178. The van der Waals surface area contributed by atoms with Crippen LogP contribution in [0.2, 0.25) is 0 Å². The fraction of sp³-hybridized carbons (Fsp3) is 0.481. The molecule has 3 aliphatic carbocycles. The molecule has 4 aliphatic rings. The molecule has 0 saturated heterocycles. The van der Waals surface area contributed by atoms with Crippen LogP contribution in [-0.2, 0) is 27.3 Å². The second kappa shape index (κ2) is 8.88. The van der Waals surface area contributed by atoms with Crippen molar-refractivity contribution in [1.29, 1.82) is 0 Å². The molecule has 0 saturated carbocycles. The van der Waals surface area contributed by atoms with Gasteiger partial charge in [-0.05, 0) is 31.7 Å². The number of phenols is 1. The molecule has 2 amide bonds. The van der Waals surface area contributed by atoms with Gasteiger partial charge in [0, 0.05) is 35.6 Å². The first kappa shape index (κ1) is 26.8. The third-order valence-electron chi connectivity index (χ3n) is 8.84. The Bertz CT molecular complexity index is 1430. The summed E-state index contributed by atoms with van der Waals surface area (Å²) < 4.78 is 16.1. The fourth-order valence-electron chi connectivity index (χ4n) is 6.71. The number of halogens is 1. The number of carbonyl (C=O) groups is 4. The summed E-state index contributed by atoms with van der Waals surface area (Å²) >= 11 is 0. The van der Waals surface area contributed by atoms with Crippen LogP contribution in [0.3, 0.4) is 0 Å². The molecule has 3 unspecified atom stereocenters. The lowest BCUT2D eigenvalue weighted by atomic mass is 9.60.